The van der Waals surface area contributed by atoms with Gasteiger partial charge in [0, 0.05) is 11.5 Å². The molecular formula is C20H30O4. The van der Waals surface area contributed by atoms with Gasteiger partial charge in [-0.1, -0.05) is 25.2 Å². The van der Waals surface area contributed by atoms with Gasteiger partial charge < -0.3 is 14.6 Å². The van der Waals surface area contributed by atoms with Gasteiger partial charge in [0.05, 0.1) is 17.8 Å². The summed E-state index contributed by atoms with van der Waals surface area (Å²) in [7, 11) is 0. The van der Waals surface area contributed by atoms with Crippen LogP contribution in [0.3, 0.4) is 0 Å². The number of carbonyl (C=O) groups excluding carboxylic acids is 1. The highest BCUT2D eigenvalue weighted by molar-refractivity contribution is 5.90. The SMILES string of the molecule is C=C1C(=O)O[C@H]2[C@H]3O[C@@](C)(CCC=C(C)CCC[C@H]3C)[C@@H](O)C[C@@H]12. The Labute approximate surface area is 144 Å². The molecule has 4 nitrogen and oxygen atoms in total. The summed E-state index contributed by atoms with van der Waals surface area (Å²) in [4.78, 5) is 12.0. The number of aliphatic hydroxyl groups excluding tert-OH is 1. The van der Waals surface area contributed by atoms with E-state index in [1.807, 2.05) is 6.92 Å². The van der Waals surface area contributed by atoms with Crippen molar-refractivity contribution < 1.29 is 19.4 Å². The zero-order chi connectivity index (χ0) is 17.5. The van der Waals surface area contributed by atoms with Crippen molar-refractivity contribution in [3.8, 4) is 0 Å². The molecule has 134 valence electrons. The molecule has 3 aliphatic heterocycles. The minimum atomic E-state index is -0.622. The van der Waals surface area contributed by atoms with Gasteiger partial charge >= 0.3 is 5.97 Å². The summed E-state index contributed by atoms with van der Waals surface area (Å²) in [5.41, 5.74) is 1.29. The molecule has 3 heterocycles. The quantitative estimate of drug-likeness (QED) is 0.418. The fourth-order valence-electron chi connectivity index (χ4n) is 4.39. The van der Waals surface area contributed by atoms with Crippen LogP contribution >= 0.6 is 0 Å². The monoisotopic (exact) mass is 334 g/mol. The van der Waals surface area contributed by atoms with Gasteiger partial charge in [0.25, 0.3) is 0 Å². The van der Waals surface area contributed by atoms with E-state index in [1.54, 1.807) is 0 Å². The maximum atomic E-state index is 12.0. The van der Waals surface area contributed by atoms with Crippen LogP contribution in [0.2, 0.25) is 0 Å². The Hall–Kier alpha value is -1.13. The Morgan fingerprint density at radius 1 is 1.38 bits per heavy atom. The minimum absolute atomic E-state index is 0.137. The number of hydrogen-bond acceptors (Lipinski definition) is 4. The molecule has 0 saturated carbocycles. The van der Waals surface area contributed by atoms with Crippen LogP contribution in [-0.2, 0) is 14.3 Å². The molecule has 0 aromatic heterocycles. The molecule has 0 radical (unpaired) electrons. The smallest absolute Gasteiger partial charge is 0.334 e. The van der Waals surface area contributed by atoms with Crippen molar-refractivity contribution in [3.05, 3.63) is 23.8 Å². The highest BCUT2D eigenvalue weighted by Crippen LogP contribution is 2.44. The van der Waals surface area contributed by atoms with E-state index in [4.69, 9.17) is 9.47 Å². The maximum absolute atomic E-state index is 12.0. The molecule has 0 aromatic rings. The molecule has 0 amide bonds. The molecule has 6 atom stereocenters. The first-order valence-electron chi connectivity index (χ1n) is 9.23. The van der Waals surface area contributed by atoms with Crippen molar-refractivity contribution in [1.29, 1.82) is 0 Å². The number of hydrogen-bond donors (Lipinski definition) is 1. The summed E-state index contributed by atoms with van der Waals surface area (Å²) >= 11 is 0. The van der Waals surface area contributed by atoms with E-state index < -0.39 is 11.7 Å². The van der Waals surface area contributed by atoms with Crippen LogP contribution in [0.1, 0.15) is 59.3 Å². The lowest BCUT2D eigenvalue weighted by Crippen LogP contribution is -2.46. The number of carbonyl (C=O) groups is 1. The fourth-order valence-corrected chi connectivity index (χ4v) is 4.39. The van der Waals surface area contributed by atoms with Crippen LogP contribution in [-0.4, -0.2) is 35.0 Å². The first kappa shape index (κ1) is 17.7. The second-order valence-corrected chi connectivity index (χ2v) is 8.11. The third kappa shape index (κ3) is 3.18. The zero-order valence-corrected chi connectivity index (χ0v) is 15.1. The first-order chi connectivity index (χ1) is 11.3. The molecule has 2 fully saturated rings. The van der Waals surface area contributed by atoms with Crippen molar-refractivity contribution in [2.45, 2.75) is 83.2 Å². The number of fused-ring (bicyclic) bond motifs is 4. The van der Waals surface area contributed by atoms with Crippen molar-refractivity contribution in [2.75, 3.05) is 0 Å². The van der Waals surface area contributed by atoms with Gasteiger partial charge in [0.15, 0.2) is 0 Å². The average molecular weight is 334 g/mol. The Morgan fingerprint density at radius 2 is 2.12 bits per heavy atom. The Kier molecular flexibility index (Phi) is 4.89. The second kappa shape index (κ2) is 6.64. The van der Waals surface area contributed by atoms with Crippen molar-refractivity contribution in [1.82, 2.24) is 0 Å². The van der Waals surface area contributed by atoms with Crippen LogP contribution < -0.4 is 0 Å². The van der Waals surface area contributed by atoms with E-state index in [0.29, 0.717) is 12.0 Å². The molecule has 0 aliphatic carbocycles. The third-order valence-electron chi connectivity index (χ3n) is 6.19. The van der Waals surface area contributed by atoms with E-state index in [2.05, 4.69) is 26.5 Å². The summed E-state index contributed by atoms with van der Waals surface area (Å²) in [6, 6.07) is 0. The Balaban J connectivity index is 1.95. The molecule has 24 heavy (non-hydrogen) atoms. The molecule has 2 saturated heterocycles. The largest absolute Gasteiger partial charge is 0.456 e. The van der Waals surface area contributed by atoms with Crippen LogP contribution in [0.15, 0.2) is 23.8 Å². The lowest BCUT2D eigenvalue weighted by molar-refractivity contribution is -0.182. The molecule has 3 rings (SSSR count). The molecule has 0 spiro atoms. The number of esters is 1. The van der Waals surface area contributed by atoms with Gasteiger partial charge in [-0.2, -0.15) is 0 Å². The summed E-state index contributed by atoms with van der Waals surface area (Å²) in [6.45, 7) is 10.3. The number of aliphatic hydroxyl groups is 1. The Bertz CT molecular complexity index is 552. The van der Waals surface area contributed by atoms with Crippen molar-refractivity contribution >= 4 is 5.97 Å². The first-order valence-corrected chi connectivity index (χ1v) is 9.23. The van der Waals surface area contributed by atoms with E-state index in [-0.39, 0.29) is 30.0 Å². The molecule has 1 N–H and O–H groups in total. The van der Waals surface area contributed by atoms with Crippen LogP contribution in [0, 0.1) is 11.8 Å². The normalized spacial score (nSPS) is 44.0. The summed E-state index contributed by atoms with van der Waals surface area (Å²) < 4.78 is 12.1. The van der Waals surface area contributed by atoms with Crippen molar-refractivity contribution in [3.63, 3.8) is 0 Å². The fraction of sp³-hybridized carbons (Fsp3) is 0.750. The molecule has 0 aromatic carbocycles. The van der Waals surface area contributed by atoms with E-state index in [0.717, 1.165) is 32.1 Å². The Morgan fingerprint density at radius 3 is 2.88 bits per heavy atom. The van der Waals surface area contributed by atoms with Gasteiger partial charge in [-0.3, -0.25) is 0 Å². The van der Waals surface area contributed by atoms with E-state index >= 15 is 0 Å². The summed E-state index contributed by atoms with van der Waals surface area (Å²) in [5.74, 6) is -0.197. The lowest BCUT2D eigenvalue weighted by atomic mass is 9.82. The minimum Gasteiger partial charge on any atom is -0.456 e. The number of ether oxygens (including phenoxy) is 2. The standard InChI is InChI=1S/C20H30O4/c1-12-7-5-9-13(2)17-18-15(14(3)19(22)23-18)11-16(21)20(4,24-17)10-6-8-12/h8,13,15-18,21H,3,5-7,9-11H2,1-2,4H3/t13-,15+,16+,17+,18-,20+/m1/s1. The van der Waals surface area contributed by atoms with Crippen LogP contribution in [0.4, 0.5) is 0 Å². The summed E-state index contributed by atoms with van der Waals surface area (Å²) in [5, 5.41) is 10.9. The van der Waals surface area contributed by atoms with Crippen LogP contribution in [0.5, 0.6) is 0 Å². The van der Waals surface area contributed by atoms with Gasteiger partial charge in [0.2, 0.25) is 0 Å². The van der Waals surface area contributed by atoms with Gasteiger partial charge in [-0.15, -0.1) is 0 Å². The topological polar surface area (TPSA) is 55.8 Å². The molecule has 4 heteroatoms. The molecule has 3 aliphatic rings. The molecule has 2 bridgehead atoms. The lowest BCUT2D eigenvalue weighted by Gasteiger charge is -2.38. The average Bonchev–Trinajstić information content (AvgIpc) is 2.72. The van der Waals surface area contributed by atoms with Gasteiger partial charge in [-0.25, -0.2) is 4.79 Å². The van der Waals surface area contributed by atoms with Gasteiger partial charge in [0.1, 0.15) is 6.10 Å². The number of allylic oxidation sites excluding steroid dienone is 2. The highest BCUT2D eigenvalue weighted by Gasteiger charge is 2.53. The molecular weight excluding hydrogens is 304 g/mol. The molecule has 0 unspecified atom stereocenters. The predicted molar refractivity (Wildman–Crippen MR) is 92.4 cm³/mol. The summed E-state index contributed by atoms with van der Waals surface area (Å²) in [6.07, 6.45) is 6.54. The predicted octanol–water partition coefficient (Wildman–Crippen LogP) is 3.54. The van der Waals surface area contributed by atoms with E-state index in [1.165, 1.54) is 5.57 Å². The maximum Gasteiger partial charge on any atom is 0.334 e. The van der Waals surface area contributed by atoms with E-state index in [9.17, 15) is 9.90 Å². The zero-order valence-electron chi connectivity index (χ0n) is 15.1. The van der Waals surface area contributed by atoms with Crippen molar-refractivity contribution in [2.24, 2.45) is 11.8 Å². The van der Waals surface area contributed by atoms with Gasteiger partial charge in [-0.05, 0) is 58.3 Å². The number of rotatable bonds is 0. The second-order valence-electron chi connectivity index (χ2n) is 8.11. The highest BCUT2D eigenvalue weighted by atomic mass is 16.6. The van der Waals surface area contributed by atoms with Crippen LogP contribution in [0.25, 0.3) is 0 Å². The third-order valence-corrected chi connectivity index (χ3v) is 6.19.